The molecule has 2 aromatic heterocycles. The number of aryl methyl sites for hydroxylation is 1. The molecular formula is C25H29ClN6O2S. The van der Waals surface area contributed by atoms with Crippen molar-refractivity contribution in [3.05, 3.63) is 56.6 Å². The van der Waals surface area contributed by atoms with Gasteiger partial charge < -0.3 is 10.2 Å². The number of aromatic nitrogens is 3. The highest BCUT2D eigenvalue weighted by atomic mass is 35.5. The summed E-state index contributed by atoms with van der Waals surface area (Å²) in [5.74, 6) is 1.09. The smallest absolute Gasteiger partial charge is 0.281 e. The molecule has 2 bridgehead atoms. The van der Waals surface area contributed by atoms with Crippen molar-refractivity contribution in [1.82, 2.24) is 19.3 Å². The molecule has 3 aromatic rings. The third kappa shape index (κ3) is 4.36. The molecule has 1 aliphatic heterocycles. The van der Waals surface area contributed by atoms with E-state index < -0.39 is 0 Å². The molecule has 2 aliphatic rings. The summed E-state index contributed by atoms with van der Waals surface area (Å²) in [4.78, 5) is 37.6. The van der Waals surface area contributed by atoms with Gasteiger partial charge >= 0.3 is 0 Å². The number of hydrogen-bond acceptors (Lipinski definition) is 7. The zero-order valence-corrected chi connectivity index (χ0v) is 21.8. The molecule has 2 fully saturated rings. The lowest BCUT2D eigenvalue weighted by atomic mass is 10.0. The molecule has 0 spiro atoms. The Morgan fingerprint density at radius 2 is 2.06 bits per heavy atom. The molecule has 8 nitrogen and oxygen atoms in total. The number of carbonyl (C=O) groups excluding carboxylic acids is 1. The number of nitrogens with zero attached hydrogens (tertiary/aromatic N) is 4. The number of amides is 1. The molecule has 1 aliphatic carbocycles. The second-order valence-electron chi connectivity index (χ2n) is 9.54. The molecule has 0 radical (unpaired) electrons. The van der Waals surface area contributed by atoms with Crippen LogP contribution >= 0.6 is 23.5 Å². The Bertz CT molecular complexity index is 1380. The van der Waals surface area contributed by atoms with Crippen molar-refractivity contribution < 1.29 is 4.79 Å². The Kier molecular flexibility index (Phi) is 6.40. The maximum atomic E-state index is 13.4. The summed E-state index contributed by atoms with van der Waals surface area (Å²) in [6, 6.07) is 7.56. The van der Waals surface area contributed by atoms with E-state index in [1.807, 2.05) is 27.0 Å². The topological polar surface area (TPSA) is 92.2 Å². The lowest BCUT2D eigenvalue weighted by molar-refractivity contribution is 0.0980. The van der Waals surface area contributed by atoms with Crippen LogP contribution in [0.3, 0.4) is 0 Å². The Morgan fingerprint density at radius 3 is 2.74 bits per heavy atom. The molecule has 3 atom stereocenters. The third-order valence-corrected chi connectivity index (χ3v) is 7.71. The first-order chi connectivity index (χ1) is 16.8. The quantitative estimate of drug-likeness (QED) is 0.372. The Labute approximate surface area is 213 Å². The van der Waals surface area contributed by atoms with E-state index in [1.54, 1.807) is 23.0 Å². The minimum absolute atomic E-state index is 0.0434. The van der Waals surface area contributed by atoms with Crippen molar-refractivity contribution in [3.63, 3.8) is 0 Å². The number of carbonyl (C=O) groups is 1. The molecule has 1 amide bonds. The Morgan fingerprint density at radius 1 is 1.26 bits per heavy atom. The minimum atomic E-state index is -0.331. The first kappa shape index (κ1) is 23.9. The average molecular weight is 513 g/mol. The zero-order chi connectivity index (χ0) is 24.9. The van der Waals surface area contributed by atoms with Gasteiger partial charge in [-0.1, -0.05) is 29.6 Å². The van der Waals surface area contributed by atoms with Crippen LogP contribution in [0.25, 0.3) is 10.9 Å². The fourth-order valence-electron chi connectivity index (χ4n) is 5.47. The van der Waals surface area contributed by atoms with Crippen molar-refractivity contribution in [2.45, 2.75) is 45.2 Å². The standard InChI is InChI=1S/C25H29ClN6O2S/c1-13-9-17(14(2)27-19-7-8-20(26)28-22(19)23(33)30-35-4)21-18(10-13)24(34)31(3)25(29-21)32-12-15-5-6-16(32)11-15/h7-10,14-16,27H,5-6,11-12H2,1-4H3,(H,30,33). The van der Waals surface area contributed by atoms with Crippen molar-refractivity contribution in [3.8, 4) is 0 Å². The Balaban J connectivity index is 1.58. The van der Waals surface area contributed by atoms with Crippen LogP contribution in [0.5, 0.6) is 0 Å². The van der Waals surface area contributed by atoms with Gasteiger partial charge in [0.2, 0.25) is 5.95 Å². The van der Waals surface area contributed by atoms with Crippen molar-refractivity contribution in [2.75, 3.05) is 23.0 Å². The van der Waals surface area contributed by atoms with E-state index in [1.165, 1.54) is 24.8 Å². The van der Waals surface area contributed by atoms with E-state index in [4.69, 9.17) is 16.6 Å². The van der Waals surface area contributed by atoms with Gasteiger partial charge in [-0.3, -0.25) is 18.9 Å². The number of nitrogens with one attached hydrogen (secondary N) is 2. The molecular weight excluding hydrogens is 484 g/mol. The van der Waals surface area contributed by atoms with E-state index in [0.717, 1.165) is 30.0 Å². The summed E-state index contributed by atoms with van der Waals surface area (Å²) in [6.45, 7) is 4.93. The fraction of sp³-hybridized carbons (Fsp3) is 0.440. The van der Waals surface area contributed by atoms with Gasteiger partial charge in [-0.05, 0) is 62.8 Å². The zero-order valence-electron chi connectivity index (χ0n) is 20.3. The summed E-state index contributed by atoms with van der Waals surface area (Å²) in [5, 5.41) is 4.25. The molecule has 3 unspecified atom stereocenters. The van der Waals surface area contributed by atoms with Crippen molar-refractivity contribution in [2.24, 2.45) is 13.0 Å². The van der Waals surface area contributed by atoms with Crippen molar-refractivity contribution in [1.29, 1.82) is 0 Å². The van der Waals surface area contributed by atoms with Crippen LogP contribution in [0.15, 0.2) is 29.1 Å². The molecule has 35 heavy (non-hydrogen) atoms. The number of piperidine rings is 1. The highest BCUT2D eigenvalue weighted by Crippen LogP contribution is 2.40. The van der Waals surface area contributed by atoms with E-state index in [2.05, 4.69) is 26.0 Å². The predicted octanol–water partition coefficient (Wildman–Crippen LogP) is 4.46. The number of pyridine rings is 1. The number of halogens is 1. The lowest BCUT2D eigenvalue weighted by Crippen LogP contribution is -2.37. The molecule has 2 N–H and O–H groups in total. The van der Waals surface area contributed by atoms with Gasteiger partial charge in [0.15, 0.2) is 5.69 Å². The van der Waals surface area contributed by atoms with Gasteiger partial charge in [-0.15, -0.1) is 0 Å². The van der Waals surface area contributed by atoms with Crippen LogP contribution < -0.4 is 20.5 Å². The predicted molar refractivity (Wildman–Crippen MR) is 142 cm³/mol. The summed E-state index contributed by atoms with van der Waals surface area (Å²) in [6.07, 6.45) is 5.36. The number of anilines is 2. The first-order valence-electron chi connectivity index (χ1n) is 11.8. The molecule has 184 valence electrons. The summed E-state index contributed by atoms with van der Waals surface area (Å²) >= 11 is 7.27. The summed E-state index contributed by atoms with van der Waals surface area (Å²) in [7, 11) is 1.82. The number of rotatable bonds is 6. The maximum Gasteiger partial charge on any atom is 0.281 e. The average Bonchev–Trinajstić information content (AvgIpc) is 3.46. The summed E-state index contributed by atoms with van der Waals surface area (Å²) < 4.78 is 4.39. The number of fused-ring (bicyclic) bond motifs is 3. The normalized spacial score (nSPS) is 19.9. The van der Waals surface area contributed by atoms with Gasteiger partial charge in [-0.25, -0.2) is 9.97 Å². The van der Waals surface area contributed by atoms with E-state index in [0.29, 0.717) is 28.6 Å². The van der Waals surface area contributed by atoms with Crippen LogP contribution in [-0.2, 0) is 7.05 Å². The highest BCUT2D eigenvalue weighted by molar-refractivity contribution is 7.97. The van der Waals surface area contributed by atoms with Gasteiger partial charge in [-0.2, -0.15) is 0 Å². The van der Waals surface area contributed by atoms with Crippen LogP contribution in [0, 0.1) is 12.8 Å². The molecule has 3 heterocycles. The van der Waals surface area contributed by atoms with Gasteiger partial charge in [0, 0.05) is 31.5 Å². The van der Waals surface area contributed by atoms with E-state index in [9.17, 15) is 9.59 Å². The monoisotopic (exact) mass is 512 g/mol. The van der Waals surface area contributed by atoms with Crippen LogP contribution in [-0.4, -0.2) is 39.3 Å². The maximum absolute atomic E-state index is 13.4. The van der Waals surface area contributed by atoms with Gasteiger partial charge in [0.25, 0.3) is 11.5 Å². The van der Waals surface area contributed by atoms with Gasteiger partial charge in [0.05, 0.1) is 22.6 Å². The number of hydrogen-bond donors (Lipinski definition) is 2. The summed E-state index contributed by atoms with van der Waals surface area (Å²) in [5.41, 5.74) is 3.29. The molecule has 5 rings (SSSR count). The van der Waals surface area contributed by atoms with Crippen LogP contribution in [0.4, 0.5) is 11.6 Å². The third-order valence-electron chi connectivity index (χ3n) is 7.11. The SMILES string of the molecule is CSNC(=O)c1nc(Cl)ccc1NC(C)c1cc(C)cc2c(=O)n(C)c(N3CC4CCC3C4)nc12. The molecule has 1 saturated heterocycles. The van der Waals surface area contributed by atoms with Crippen LogP contribution in [0.2, 0.25) is 5.15 Å². The van der Waals surface area contributed by atoms with E-state index >= 15 is 0 Å². The second-order valence-corrected chi connectivity index (χ2v) is 10.5. The second kappa shape index (κ2) is 9.35. The first-order valence-corrected chi connectivity index (χ1v) is 13.4. The fourth-order valence-corrected chi connectivity index (χ4v) is 5.90. The van der Waals surface area contributed by atoms with Gasteiger partial charge in [0.1, 0.15) is 5.15 Å². The molecule has 1 aromatic carbocycles. The van der Waals surface area contributed by atoms with E-state index in [-0.39, 0.29) is 28.4 Å². The largest absolute Gasteiger partial charge is 0.377 e. The minimum Gasteiger partial charge on any atom is -0.377 e. The number of benzene rings is 1. The highest BCUT2D eigenvalue weighted by Gasteiger charge is 2.39. The Hall–Kier alpha value is -2.78. The van der Waals surface area contributed by atoms with Crippen molar-refractivity contribution >= 4 is 52.0 Å². The molecule has 1 saturated carbocycles. The lowest BCUT2D eigenvalue weighted by Gasteiger charge is -2.30. The molecule has 10 heteroatoms. The van der Waals surface area contributed by atoms with Crippen LogP contribution in [0.1, 0.15) is 53.8 Å².